The molecule has 0 unspecified atom stereocenters. The fourth-order valence-corrected chi connectivity index (χ4v) is 5.64. The SMILES string of the molecule is Cc1cnc([C@H](OC(C)C)[C@H](C)S(=O)(=O)Cc2nnc3n2[C@H](COC(C)C)COc2ccc(F)cc2-3)cn1. The Morgan fingerprint density at radius 1 is 1.11 bits per heavy atom. The van der Waals surface area contributed by atoms with Crippen molar-refractivity contribution in [1.29, 1.82) is 0 Å². The Hall–Kier alpha value is -2.96. The van der Waals surface area contributed by atoms with Gasteiger partial charge in [0.05, 0.1) is 53.3 Å². The molecule has 12 heteroatoms. The van der Waals surface area contributed by atoms with Gasteiger partial charge in [0.2, 0.25) is 0 Å². The minimum atomic E-state index is -3.84. The number of hydrogen-bond acceptors (Lipinski definition) is 9. The van der Waals surface area contributed by atoms with E-state index in [1.165, 1.54) is 18.2 Å². The molecule has 4 rings (SSSR count). The number of nitrogens with zero attached hydrogens (tertiary/aromatic N) is 5. The van der Waals surface area contributed by atoms with Gasteiger partial charge in [-0.05, 0) is 59.7 Å². The van der Waals surface area contributed by atoms with E-state index < -0.39 is 38.8 Å². The molecule has 1 aromatic carbocycles. The third kappa shape index (κ3) is 6.19. The van der Waals surface area contributed by atoms with Crippen LogP contribution < -0.4 is 4.74 Å². The molecule has 3 atom stereocenters. The predicted molar refractivity (Wildman–Crippen MR) is 139 cm³/mol. The van der Waals surface area contributed by atoms with Gasteiger partial charge in [0, 0.05) is 6.20 Å². The van der Waals surface area contributed by atoms with Crippen molar-refractivity contribution in [2.75, 3.05) is 13.2 Å². The van der Waals surface area contributed by atoms with Gasteiger partial charge in [0.15, 0.2) is 15.7 Å². The number of benzene rings is 1. The molecule has 3 aromatic rings. The van der Waals surface area contributed by atoms with Crippen LogP contribution in [-0.2, 0) is 25.1 Å². The number of rotatable bonds is 10. The third-order valence-corrected chi connectivity index (χ3v) is 8.24. The van der Waals surface area contributed by atoms with Crippen LogP contribution in [0, 0.1) is 12.7 Å². The summed E-state index contributed by atoms with van der Waals surface area (Å²) in [5.41, 5.74) is 1.55. The first-order chi connectivity index (χ1) is 18.0. The molecule has 0 saturated heterocycles. The second-order valence-electron chi connectivity index (χ2n) is 10.00. The highest BCUT2D eigenvalue weighted by atomic mass is 32.2. The molecule has 1 aliphatic heterocycles. The Morgan fingerprint density at radius 3 is 2.53 bits per heavy atom. The first kappa shape index (κ1) is 28.1. The summed E-state index contributed by atoms with van der Waals surface area (Å²) >= 11 is 0. The summed E-state index contributed by atoms with van der Waals surface area (Å²) in [5.74, 6) is 0.101. The Balaban J connectivity index is 1.72. The molecular weight excluding hydrogens is 513 g/mol. The molecule has 0 amide bonds. The summed E-state index contributed by atoms with van der Waals surface area (Å²) in [6.07, 6.45) is 1.98. The Labute approximate surface area is 222 Å². The molecule has 2 aromatic heterocycles. The van der Waals surface area contributed by atoms with Crippen molar-refractivity contribution >= 4 is 9.84 Å². The van der Waals surface area contributed by atoms with Crippen LogP contribution in [0.4, 0.5) is 4.39 Å². The number of aromatic nitrogens is 5. The molecule has 0 aliphatic carbocycles. The minimum Gasteiger partial charge on any atom is -0.491 e. The molecule has 0 saturated carbocycles. The second kappa shape index (κ2) is 11.4. The summed E-state index contributed by atoms with van der Waals surface area (Å²) in [4.78, 5) is 8.64. The van der Waals surface area contributed by atoms with Gasteiger partial charge in [-0.2, -0.15) is 0 Å². The summed E-state index contributed by atoms with van der Waals surface area (Å²) in [6, 6.07) is 3.72. The van der Waals surface area contributed by atoms with Gasteiger partial charge in [-0.25, -0.2) is 12.8 Å². The van der Waals surface area contributed by atoms with E-state index >= 15 is 0 Å². The quantitative estimate of drug-likeness (QED) is 0.371. The molecular formula is C26H34FN5O5S. The molecule has 1 aliphatic rings. The Bertz CT molecular complexity index is 1360. The van der Waals surface area contributed by atoms with Crippen LogP contribution in [0.2, 0.25) is 0 Å². The average Bonchev–Trinajstić information content (AvgIpc) is 3.18. The highest BCUT2D eigenvalue weighted by Crippen LogP contribution is 2.36. The molecule has 3 heterocycles. The smallest absolute Gasteiger partial charge is 0.168 e. The van der Waals surface area contributed by atoms with Crippen LogP contribution in [0.15, 0.2) is 30.6 Å². The molecule has 38 heavy (non-hydrogen) atoms. The van der Waals surface area contributed by atoms with E-state index in [4.69, 9.17) is 14.2 Å². The lowest BCUT2D eigenvalue weighted by atomic mass is 10.2. The van der Waals surface area contributed by atoms with Crippen molar-refractivity contribution in [3.05, 3.63) is 53.6 Å². The topological polar surface area (TPSA) is 118 Å². The number of halogens is 1. The fraction of sp³-hybridized carbons (Fsp3) is 0.538. The lowest BCUT2D eigenvalue weighted by molar-refractivity contribution is 0.00381. The van der Waals surface area contributed by atoms with Gasteiger partial charge in [0.1, 0.15) is 35.9 Å². The molecule has 0 N–H and O–H groups in total. The summed E-state index contributed by atoms with van der Waals surface area (Å²) in [6.45, 7) is 11.3. The minimum absolute atomic E-state index is 0.0604. The fourth-order valence-electron chi connectivity index (χ4n) is 4.24. The number of sulfone groups is 1. The average molecular weight is 548 g/mol. The highest BCUT2D eigenvalue weighted by Gasteiger charge is 2.36. The van der Waals surface area contributed by atoms with Crippen LogP contribution in [0.25, 0.3) is 11.4 Å². The summed E-state index contributed by atoms with van der Waals surface area (Å²) < 4.78 is 61.2. The van der Waals surface area contributed by atoms with Gasteiger partial charge < -0.3 is 18.8 Å². The van der Waals surface area contributed by atoms with Crippen molar-refractivity contribution in [1.82, 2.24) is 24.7 Å². The molecule has 10 nitrogen and oxygen atoms in total. The number of aryl methyl sites for hydroxylation is 1. The van der Waals surface area contributed by atoms with Crippen molar-refractivity contribution in [3.8, 4) is 17.1 Å². The van der Waals surface area contributed by atoms with Crippen molar-refractivity contribution in [3.63, 3.8) is 0 Å². The van der Waals surface area contributed by atoms with Crippen molar-refractivity contribution in [2.45, 2.75) is 76.9 Å². The lowest BCUT2D eigenvalue weighted by Gasteiger charge is -2.26. The van der Waals surface area contributed by atoms with Gasteiger partial charge >= 0.3 is 0 Å². The number of ether oxygens (including phenoxy) is 3. The molecule has 0 fully saturated rings. The lowest BCUT2D eigenvalue weighted by Crippen LogP contribution is -2.32. The summed E-state index contributed by atoms with van der Waals surface area (Å²) in [5, 5.41) is 7.56. The van der Waals surface area contributed by atoms with Crippen LogP contribution in [0.5, 0.6) is 5.75 Å². The largest absolute Gasteiger partial charge is 0.491 e. The van der Waals surface area contributed by atoms with Gasteiger partial charge in [-0.15, -0.1) is 10.2 Å². The Kier molecular flexibility index (Phi) is 8.43. The van der Waals surface area contributed by atoms with E-state index in [0.717, 1.165) is 0 Å². The van der Waals surface area contributed by atoms with E-state index in [1.54, 1.807) is 30.8 Å². The third-order valence-electron chi connectivity index (χ3n) is 6.20. The van der Waals surface area contributed by atoms with Crippen molar-refractivity contribution in [2.24, 2.45) is 0 Å². The van der Waals surface area contributed by atoms with Gasteiger partial charge in [-0.3, -0.25) is 9.97 Å². The van der Waals surface area contributed by atoms with E-state index in [2.05, 4.69) is 20.2 Å². The number of hydrogen-bond donors (Lipinski definition) is 0. The zero-order valence-electron chi connectivity index (χ0n) is 22.5. The Morgan fingerprint density at radius 2 is 1.87 bits per heavy atom. The highest BCUT2D eigenvalue weighted by molar-refractivity contribution is 7.91. The maximum Gasteiger partial charge on any atom is 0.168 e. The van der Waals surface area contributed by atoms with E-state index in [-0.39, 0.29) is 31.2 Å². The van der Waals surface area contributed by atoms with Crippen LogP contribution in [0.1, 0.15) is 64.0 Å². The predicted octanol–water partition coefficient (Wildman–Crippen LogP) is 4.01. The zero-order chi connectivity index (χ0) is 27.6. The van der Waals surface area contributed by atoms with Gasteiger partial charge in [0.25, 0.3) is 0 Å². The molecule has 0 radical (unpaired) electrons. The van der Waals surface area contributed by atoms with E-state index in [1.807, 2.05) is 27.7 Å². The zero-order valence-corrected chi connectivity index (χ0v) is 23.3. The second-order valence-corrected chi connectivity index (χ2v) is 12.4. The van der Waals surface area contributed by atoms with Crippen molar-refractivity contribution < 1.29 is 27.0 Å². The molecule has 206 valence electrons. The van der Waals surface area contributed by atoms with Crippen LogP contribution >= 0.6 is 0 Å². The maximum atomic E-state index is 14.2. The van der Waals surface area contributed by atoms with Crippen LogP contribution in [0.3, 0.4) is 0 Å². The number of fused-ring (bicyclic) bond motifs is 3. The normalized spacial score (nSPS) is 17.0. The molecule has 0 bridgehead atoms. The van der Waals surface area contributed by atoms with E-state index in [0.29, 0.717) is 28.5 Å². The molecule has 0 spiro atoms. The monoisotopic (exact) mass is 547 g/mol. The van der Waals surface area contributed by atoms with E-state index in [9.17, 15) is 12.8 Å². The van der Waals surface area contributed by atoms with Crippen LogP contribution in [-0.4, -0.2) is 63.8 Å². The first-order valence-corrected chi connectivity index (χ1v) is 14.3. The summed E-state index contributed by atoms with van der Waals surface area (Å²) in [7, 11) is -3.84. The standard InChI is InChI=1S/C26H34FN5O5S/c1-15(2)35-12-20-13-36-23-8-7-19(27)9-21(23)26-31-30-24(32(20)26)14-38(33,34)18(6)25(37-16(3)4)22-11-28-17(5)10-29-22/h7-11,15-16,18,20,25H,12-14H2,1-6H3/t18-,20+,25+/m0/s1. The maximum absolute atomic E-state index is 14.2. The van der Waals surface area contributed by atoms with Gasteiger partial charge in [-0.1, -0.05) is 0 Å². The first-order valence-electron chi connectivity index (χ1n) is 12.6.